The van der Waals surface area contributed by atoms with Crippen molar-refractivity contribution in [3.05, 3.63) is 65.7 Å². The highest BCUT2D eigenvalue weighted by Crippen LogP contribution is 2.69. The second kappa shape index (κ2) is 7.13. The zero-order valence-corrected chi connectivity index (χ0v) is 17.1. The maximum absolute atomic E-state index is 10.4. The zero-order chi connectivity index (χ0) is 22.3. The van der Waals surface area contributed by atoms with E-state index in [2.05, 4.69) is 18.2 Å². The summed E-state index contributed by atoms with van der Waals surface area (Å²) in [6.45, 7) is 1.84. The molecule has 2 heterocycles. The average Bonchev–Trinajstić information content (AvgIpc) is 3.03. The summed E-state index contributed by atoms with van der Waals surface area (Å²) in [6, 6.07) is 22.2. The number of nitrogens with zero attached hydrogens (tertiary/aromatic N) is 3. The van der Waals surface area contributed by atoms with Gasteiger partial charge >= 0.3 is 0 Å². The summed E-state index contributed by atoms with van der Waals surface area (Å²) in [7, 11) is 1.54. The molecule has 7 nitrogen and oxygen atoms in total. The summed E-state index contributed by atoms with van der Waals surface area (Å²) in [4.78, 5) is 0. The minimum atomic E-state index is -1.98. The highest BCUT2D eigenvalue weighted by Gasteiger charge is 2.80. The Kier molecular flexibility index (Phi) is 4.69. The molecule has 7 heteroatoms. The van der Waals surface area contributed by atoms with Gasteiger partial charge in [0, 0.05) is 5.56 Å². The molecule has 0 amide bonds. The second-order valence-electron chi connectivity index (χ2n) is 7.65. The Labute approximate surface area is 180 Å². The lowest BCUT2D eigenvalue weighted by atomic mass is 9.52. The van der Waals surface area contributed by atoms with Crippen molar-refractivity contribution in [1.29, 1.82) is 21.2 Å². The Morgan fingerprint density at radius 1 is 1.00 bits per heavy atom. The lowest BCUT2D eigenvalue weighted by molar-refractivity contribution is -0.292. The standard InChI is InChI=1S/C24H20N4O3/c1-3-19-23(15-27)21(28)31-24(19,17-7-5-4-6-8-17)30-20(22(23,13-25)14-26)16-9-11-18(29-2)12-10-16/h4-12,19-20,28H,3H2,1-2H3. The van der Waals surface area contributed by atoms with Crippen molar-refractivity contribution >= 4 is 5.90 Å². The van der Waals surface area contributed by atoms with Crippen molar-refractivity contribution in [3.63, 3.8) is 0 Å². The fourth-order valence-corrected chi connectivity index (χ4v) is 4.98. The fraction of sp³-hybridized carbons (Fsp3) is 0.333. The van der Waals surface area contributed by atoms with Gasteiger partial charge < -0.3 is 14.2 Å². The van der Waals surface area contributed by atoms with Gasteiger partial charge in [-0.05, 0) is 24.1 Å². The Morgan fingerprint density at radius 2 is 1.65 bits per heavy atom. The molecule has 0 spiro atoms. The van der Waals surface area contributed by atoms with Crippen molar-refractivity contribution < 1.29 is 14.2 Å². The summed E-state index contributed by atoms with van der Waals surface area (Å²) in [6.07, 6.45) is -0.760. The summed E-state index contributed by atoms with van der Waals surface area (Å²) < 4.78 is 17.7. The number of nitriles is 3. The molecule has 2 aliphatic rings. The number of ether oxygens (including phenoxy) is 3. The highest BCUT2D eigenvalue weighted by molar-refractivity contribution is 5.89. The van der Waals surface area contributed by atoms with Gasteiger partial charge in [-0.2, -0.15) is 15.8 Å². The van der Waals surface area contributed by atoms with Crippen molar-refractivity contribution in [3.8, 4) is 24.0 Å². The van der Waals surface area contributed by atoms with E-state index in [-0.39, 0.29) is 0 Å². The summed E-state index contributed by atoms with van der Waals surface area (Å²) in [5.41, 5.74) is -2.63. The lowest BCUT2D eigenvalue weighted by Crippen LogP contribution is -2.58. The molecule has 2 saturated heterocycles. The minimum Gasteiger partial charge on any atom is -0.497 e. The largest absolute Gasteiger partial charge is 0.497 e. The SMILES string of the molecule is CCC1C2(c3ccccc3)OC(=N)C1(C#N)C(C#N)(C#N)C(c1ccc(OC)cc1)O2. The van der Waals surface area contributed by atoms with E-state index in [1.54, 1.807) is 36.4 Å². The number of hydrogen-bond acceptors (Lipinski definition) is 7. The van der Waals surface area contributed by atoms with E-state index in [0.717, 1.165) is 0 Å². The van der Waals surface area contributed by atoms with Crippen LogP contribution in [0.15, 0.2) is 54.6 Å². The molecular weight excluding hydrogens is 392 g/mol. The Bertz CT molecular complexity index is 1130. The van der Waals surface area contributed by atoms with E-state index < -0.39 is 34.5 Å². The van der Waals surface area contributed by atoms with Crippen LogP contribution in [0.2, 0.25) is 0 Å². The molecule has 4 rings (SSSR count). The van der Waals surface area contributed by atoms with Gasteiger partial charge in [-0.3, -0.25) is 5.41 Å². The monoisotopic (exact) mass is 412 g/mol. The predicted molar refractivity (Wildman–Crippen MR) is 109 cm³/mol. The second-order valence-corrected chi connectivity index (χ2v) is 7.65. The molecular formula is C24H20N4O3. The molecule has 0 radical (unpaired) electrons. The topological polar surface area (TPSA) is 123 Å². The number of nitrogens with one attached hydrogen (secondary N) is 1. The van der Waals surface area contributed by atoms with Crippen molar-refractivity contribution in [2.75, 3.05) is 7.11 Å². The maximum atomic E-state index is 10.4. The Morgan fingerprint density at radius 3 is 2.16 bits per heavy atom. The zero-order valence-electron chi connectivity index (χ0n) is 17.1. The van der Waals surface area contributed by atoms with Crippen LogP contribution in [0.5, 0.6) is 5.75 Å². The van der Waals surface area contributed by atoms with E-state index in [1.165, 1.54) is 7.11 Å². The van der Waals surface area contributed by atoms with E-state index >= 15 is 0 Å². The van der Waals surface area contributed by atoms with Gasteiger partial charge in [-0.25, -0.2) is 0 Å². The van der Waals surface area contributed by atoms with Crippen LogP contribution in [-0.4, -0.2) is 13.0 Å². The van der Waals surface area contributed by atoms with Crippen LogP contribution in [0.3, 0.4) is 0 Å². The molecule has 1 N–H and O–H groups in total. The van der Waals surface area contributed by atoms with Crippen LogP contribution in [-0.2, 0) is 15.3 Å². The molecule has 2 aliphatic heterocycles. The molecule has 4 unspecified atom stereocenters. The van der Waals surface area contributed by atoms with Crippen LogP contribution in [0.1, 0.15) is 30.6 Å². The van der Waals surface area contributed by atoms with Gasteiger partial charge in [0.1, 0.15) is 11.9 Å². The number of hydrogen-bond donors (Lipinski definition) is 1. The van der Waals surface area contributed by atoms with Gasteiger partial charge in [0.05, 0.1) is 31.2 Å². The van der Waals surface area contributed by atoms with E-state index in [0.29, 0.717) is 23.3 Å². The number of rotatable bonds is 4. The van der Waals surface area contributed by atoms with Gasteiger partial charge in [0.2, 0.25) is 17.1 Å². The van der Waals surface area contributed by atoms with Crippen LogP contribution in [0.25, 0.3) is 0 Å². The number of methoxy groups -OCH3 is 1. The molecule has 4 atom stereocenters. The van der Waals surface area contributed by atoms with Crippen LogP contribution < -0.4 is 4.74 Å². The summed E-state index contributed by atoms with van der Waals surface area (Å²) >= 11 is 0. The van der Waals surface area contributed by atoms with Crippen molar-refractivity contribution in [1.82, 2.24) is 0 Å². The average molecular weight is 412 g/mol. The molecule has 2 aromatic carbocycles. The molecule has 0 saturated carbocycles. The van der Waals surface area contributed by atoms with Crippen molar-refractivity contribution in [2.24, 2.45) is 16.7 Å². The van der Waals surface area contributed by atoms with Gasteiger partial charge in [0.25, 0.3) is 0 Å². The first-order valence-corrected chi connectivity index (χ1v) is 9.88. The maximum Gasteiger partial charge on any atom is 0.244 e. The third-order valence-corrected chi connectivity index (χ3v) is 6.43. The molecule has 2 fully saturated rings. The minimum absolute atomic E-state index is 0.366. The third-order valence-electron chi connectivity index (χ3n) is 6.43. The number of benzene rings is 2. The number of fused-ring (bicyclic) bond motifs is 2. The smallest absolute Gasteiger partial charge is 0.244 e. The Balaban J connectivity index is 2.03. The predicted octanol–water partition coefficient (Wildman–Crippen LogP) is 4.20. The van der Waals surface area contributed by atoms with E-state index in [1.807, 2.05) is 25.1 Å². The molecule has 154 valence electrons. The highest BCUT2D eigenvalue weighted by atomic mass is 16.7. The van der Waals surface area contributed by atoms with Crippen LogP contribution in [0, 0.1) is 56.2 Å². The van der Waals surface area contributed by atoms with Gasteiger partial charge in [-0.15, -0.1) is 0 Å². The van der Waals surface area contributed by atoms with Crippen molar-refractivity contribution in [2.45, 2.75) is 25.2 Å². The van der Waals surface area contributed by atoms with Crippen LogP contribution >= 0.6 is 0 Å². The molecule has 31 heavy (non-hydrogen) atoms. The molecule has 0 aliphatic carbocycles. The molecule has 2 aromatic rings. The quantitative estimate of drug-likeness (QED) is 0.803. The first-order valence-electron chi connectivity index (χ1n) is 9.88. The fourth-order valence-electron chi connectivity index (χ4n) is 4.98. The van der Waals surface area contributed by atoms with E-state index in [9.17, 15) is 15.8 Å². The van der Waals surface area contributed by atoms with Gasteiger partial charge in [0.15, 0.2) is 5.41 Å². The summed E-state index contributed by atoms with van der Waals surface area (Å²) in [5.74, 6) is -2.01. The Hall–Kier alpha value is -3.86. The third kappa shape index (κ3) is 2.37. The lowest BCUT2D eigenvalue weighted by Gasteiger charge is -2.49. The van der Waals surface area contributed by atoms with E-state index in [4.69, 9.17) is 19.6 Å². The molecule has 2 bridgehead atoms. The van der Waals surface area contributed by atoms with Gasteiger partial charge in [-0.1, -0.05) is 49.4 Å². The molecule has 0 aromatic heterocycles. The normalized spacial score (nSPS) is 30.4. The first-order chi connectivity index (χ1) is 15.0. The summed E-state index contributed by atoms with van der Waals surface area (Å²) in [5, 5.41) is 39.7. The van der Waals surface area contributed by atoms with Crippen LogP contribution in [0.4, 0.5) is 0 Å². The first kappa shape index (κ1) is 20.4.